The second kappa shape index (κ2) is 9.33. The summed E-state index contributed by atoms with van der Waals surface area (Å²) in [6.07, 6.45) is 1.76. The maximum atomic E-state index is 12.3. The molecule has 4 aromatic rings. The van der Waals surface area contributed by atoms with Gasteiger partial charge in [0.05, 0.1) is 17.6 Å². The summed E-state index contributed by atoms with van der Waals surface area (Å²) >= 11 is 0. The molecular weight excluding hydrogens is 422 g/mol. The van der Waals surface area contributed by atoms with E-state index in [1.165, 1.54) is 0 Å². The van der Waals surface area contributed by atoms with Gasteiger partial charge in [-0.1, -0.05) is 25.9 Å². The summed E-state index contributed by atoms with van der Waals surface area (Å²) in [5.41, 5.74) is 3.14. The van der Waals surface area contributed by atoms with Gasteiger partial charge in [-0.05, 0) is 36.4 Å². The molecule has 0 spiro atoms. The molecule has 0 aliphatic rings. The monoisotopic (exact) mass is 449 g/mol. The lowest BCUT2D eigenvalue weighted by molar-refractivity contribution is 0.146. The first-order chi connectivity index (χ1) is 15.8. The zero-order valence-electron chi connectivity index (χ0n) is 19.1. The summed E-state index contributed by atoms with van der Waals surface area (Å²) < 4.78 is 18.0. The number of methoxy groups -OCH3 is 1. The average molecular weight is 450 g/mol. The highest BCUT2D eigenvalue weighted by molar-refractivity contribution is 5.99. The highest BCUT2D eigenvalue weighted by Gasteiger charge is 2.20. The molecule has 33 heavy (non-hydrogen) atoms. The van der Waals surface area contributed by atoms with Gasteiger partial charge in [-0.15, -0.1) is 0 Å². The number of hydrogen-bond donors (Lipinski definition) is 2. The Hall–Kier alpha value is -3.85. The lowest BCUT2D eigenvalue weighted by Gasteiger charge is -2.12. The Morgan fingerprint density at radius 2 is 1.85 bits per heavy atom. The van der Waals surface area contributed by atoms with Crippen molar-refractivity contribution in [3.8, 4) is 11.4 Å². The van der Waals surface area contributed by atoms with E-state index in [1.54, 1.807) is 19.5 Å². The van der Waals surface area contributed by atoms with E-state index in [0.29, 0.717) is 30.5 Å². The second-order valence-corrected chi connectivity index (χ2v) is 8.56. The number of hydrogen-bond acceptors (Lipinski definition) is 6. The van der Waals surface area contributed by atoms with Gasteiger partial charge in [0, 0.05) is 36.0 Å². The lowest BCUT2D eigenvalue weighted by atomic mass is 9.93. The standard InChI is InChI=1S/C24H27N5O4/c1-24(2,3)21-14-22(28-33-21)27-23(30)26-16-5-7-17(8-6-16)29-15-25-19-10-9-18(13-20(19)29)32-12-11-31-4/h5-10,13-15H,11-12H2,1-4H3,(H2,26,27,28,30). The molecule has 0 atom stereocenters. The Balaban J connectivity index is 1.43. The third-order valence-corrected chi connectivity index (χ3v) is 4.97. The molecule has 0 fully saturated rings. The molecule has 0 saturated heterocycles. The largest absolute Gasteiger partial charge is 0.491 e. The molecule has 0 aliphatic carbocycles. The smallest absolute Gasteiger partial charge is 0.324 e. The van der Waals surface area contributed by atoms with Crippen molar-refractivity contribution in [2.45, 2.75) is 26.2 Å². The number of aromatic nitrogens is 3. The third kappa shape index (κ3) is 5.32. The number of imidazole rings is 1. The minimum atomic E-state index is -0.401. The summed E-state index contributed by atoms with van der Waals surface area (Å²) in [7, 11) is 1.64. The van der Waals surface area contributed by atoms with Crippen LogP contribution >= 0.6 is 0 Å². The molecule has 0 radical (unpaired) electrons. The molecule has 0 saturated carbocycles. The number of amides is 2. The van der Waals surface area contributed by atoms with Crippen molar-refractivity contribution in [3.05, 3.63) is 60.6 Å². The van der Waals surface area contributed by atoms with E-state index in [4.69, 9.17) is 14.0 Å². The number of anilines is 2. The van der Waals surface area contributed by atoms with Crippen LogP contribution in [0.5, 0.6) is 5.75 Å². The minimum absolute atomic E-state index is 0.187. The number of rotatable bonds is 7. The lowest BCUT2D eigenvalue weighted by Crippen LogP contribution is -2.19. The number of carbonyl (C=O) groups excluding carboxylic acids is 1. The molecule has 2 aromatic carbocycles. The quantitative estimate of drug-likeness (QED) is 0.386. The highest BCUT2D eigenvalue weighted by atomic mass is 16.5. The third-order valence-electron chi connectivity index (χ3n) is 4.97. The van der Waals surface area contributed by atoms with E-state index in [9.17, 15) is 4.79 Å². The fraction of sp³-hybridized carbons (Fsp3) is 0.292. The second-order valence-electron chi connectivity index (χ2n) is 8.56. The molecule has 2 amide bonds. The van der Waals surface area contributed by atoms with E-state index in [0.717, 1.165) is 22.5 Å². The number of fused-ring (bicyclic) bond motifs is 1. The first-order valence-corrected chi connectivity index (χ1v) is 10.6. The minimum Gasteiger partial charge on any atom is -0.491 e. The molecule has 9 nitrogen and oxygen atoms in total. The van der Waals surface area contributed by atoms with Gasteiger partial charge in [-0.25, -0.2) is 9.78 Å². The Bertz CT molecular complexity index is 1240. The first kappa shape index (κ1) is 22.3. The number of ether oxygens (including phenoxy) is 2. The summed E-state index contributed by atoms with van der Waals surface area (Å²) in [6, 6.07) is 14.5. The van der Waals surface area contributed by atoms with E-state index < -0.39 is 6.03 Å². The molecule has 2 aromatic heterocycles. The number of urea groups is 1. The first-order valence-electron chi connectivity index (χ1n) is 10.6. The molecule has 9 heteroatoms. The van der Waals surface area contributed by atoms with Gasteiger partial charge in [0.2, 0.25) is 0 Å². The van der Waals surface area contributed by atoms with Gasteiger partial charge in [0.25, 0.3) is 0 Å². The van der Waals surface area contributed by atoms with Gasteiger partial charge >= 0.3 is 6.03 Å². The van der Waals surface area contributed by atoms with Crippen LogP contribution in [-0.4, -0.2) is 41.1 Å². The number of carbonyl (C=O) groups is 1. The van der Waals surface area contributed by atoms with E-state index >= 15 is 0 Å². The predicted octanol–water partition coefficient (Wildman–Crippen LogP) is 4.98. The van der Waals surface area contributed by atoms with Gasteiger partial charge in [0.15, 0.2) is 5.82 Å². The molecule has 2 heterocycles. The Morgan fingerprint density at radius 3 is 2.55 bits per heavy atom. The van der Waals surface area contributed by atoms with Crippen molar-refractivity contribution >= 4 is 28.6 Å². The summed E-state index contributed by atoms with van der Waals surface area (Å²) in [5, 5.41) is 9.38. The Labute approximate surface area is 191 Å². The fourth-order valence-electron chi connectivity index (χ4n) is 3.20. The maximum absolute atomic E-state index is 12.3. The predicted molar refractivity (Wildman–Crippen MR) is 126 cm³/mol. The maximum Gasteiger partial charge on any atom is 0.324 e. The highest BCUT2D eigenvalue weighted by Crippen LogP contribution is 2.25. The van der Waals surface area contributed by atoms with Crippen molar-refractivity contribution in [3.63, 3.8) is 0 Å². The van der Waals surface area contributed by atoms with Gasteiger partial charge < -0.3 is 19.3 Å². The SMILES string of the molecule is COCCOc1ccc2ncn(-c3ccc(NC(=O)Nc4cc(C(C)(C)C)on4)cc3)c2c1. The van der Waals surface area contributed by atoms with Crippen molar-refractivity contribution in [2.24, 2.45) is 0 Å². The summed E-state index contributed by atoms with van der Waals surface area (Å²) in [5.74, 6) is 1.81. The van der Waals surface area contributed by atoms with Crippen LogP contribution < -0.4 is 15.4 Å². The van der Waals surface area contributed by atoms with Crippen LogP contribution in [0.1, 0.15) is 26.5 Å². The zero-order valence-corrected chi connectivity index (χ0v) is 19.1. The zero-order chi connectivity index (χ0) is 23.4. The van der Waals surface area contributed by atoms with Crippen LogP contribution in [0.4, 0.5) is 16.3 Å². The van der Waals surface area contributed by atoms with Crippen LogP contribution in [0.25, 0.3) is 16.7 Å². The van der Waals surface area contributed by atoms with E-state index in [1.807, 2.05) is 67.8 Å². The fourth-order valence-corrected chi connectivity index (χ4v) is 3.20. The van der Waals surface area contributed by atoms with Crippen LogP contribution in [0.3, 0.4) is 0 Å². The Morgan fingerprint density at radius 1 is 1.06 bits per heavy atom. The van der Waals surface area contributed by atoms with Crippen LogP contribution in [-0.2, 0) is 10.2 Å². The normalized spacial score (nSPS) is 11.5. The Kier molecular flexibility index (Phi) is 6.32. The average Bonchev–Trinajstić information content (AvgIpc) is 3.41. The summed E-state index contributed by atoms with van der Waals surface area (Å²) in [6.45, 7) is 7.03. The van der Waals surface area contributed by atoms with Crippen molar-refractivity contribution in [1.82, 2.24) is 14.7 Å². The molecular formula is C24H27N5O4. The van der Waals surface area contributed by atoms with Crippen molar-refractivity contribution in [2.75, 3.05) is 31.0 Å². The topological polar surface area (TPSA) is 103 Å². The molecule has 2 N–H and O–H groups in total. The number of nitrogens with zero attached hydrogens (tertiary/aromatic N) is 3. The number of nitrogens with one attached hydrogen (secondary N) is 2. The summed E-state index contributed by atoms with van der Waals surface area (Å²) in [4.78, 5) is 16.8. The molecule has 0 bridgehead atoms. The van der Waals surface area contributed by atoms with Crippen molar-refractivity contribution < 1.29 is 18.8 Å². The van der Waals surface area contributed by atoms with Crippen LogP contribution in [0, 0.1) is 0 Å². The molecule has 172 valence electrons. The van der Waals surface area contributed by atoms with Gasteiger partial charge in [0.1, 0.15) is 24.4 Å². The molecule has 4 rings (SSSR count). The van der Waals surface area contributed by atoms with E-state index in [-0.39, 0.29) is 5.41 Å². The molecule has 0 unspecified atom stereocenters. The van der Waals surface area contributed by atoms with Crippen molar-refractivity contribution in [1.29, 1.82) is 0 Å². The van der Waals surface area contributed by atoms with Crippen LogP contribution in [0.2, 0.25) is 0 Å². The van der Waals surface area contributed by atoms with Gasteiger partial charge in [-0.2, -0.15) is 0 Å². The van der Waals surface area contributed by atoms with Crippen LogP contribution in [0.15, 0.2) is 59.4 Å². The molecule has 0 aliphatic heterocycles. The van der Waals surface area contributed by atoms with Gasteiger partial charge in [-0.3, -0.25) is 9.88 Å². The number of benzene rings is 2. The van der Waals surface area contributed by atoms with E-state index in [2.05, 4.69) is 20.8 Å².